The molecular weight excluding hydrogens is 226 g/mol. The predicted molar refractivity (Wildman–Crippen MR) is 65.5 cm³/mol. The lowest BCUT2D eigenvalue weighted by Crippen LogP contribution is -2.27. The van der Waals surface area contributed by atoms with E-state index in [1.807, 2.05) is 20.8 Å². The van der Waals surface area contributed by atoms with Crippen molar-refractivity contribution in [3.8, 4) is 0 Å². The Bertz CT molecular complexity index is 431. The molecule has 0 amide bonds. The topological polar surface area (TPSA) is 74.8 Å². The van der Waals surface area contributed by atoms with E-state index in [2.05, 4.69) is 15.5 Å². The Morgan fingerprint density at radius 2 is 2.06 bits per heavy atom. The summed E-state index contributed by atoms with van der Waals surface area (Å²) in [5.74, 6) is 0.329. The van der Waals surface area contributed by atoms with Crippen molar-refractivity contribution in [2.75, 3.05) is 16.8 Å². The lowest BCUT2D eigenvalue weighted by atomic mass is 10.3. The first kappa shape index (κ1) is 13.0. The maximum absolute atomic E-state index is 11.4. The monoisotopic (exact) mass is 245 g/mol. The lowest BCUT2D eigenvalue weighted by Gasteiger charge is -2.14. The molecule has 0 aromatic carbocycles. The molecule has 1 aromatic rings. The van der Waals surface area contributed by atoms with Crippen molar-refractivity contribution in [1.82, 2.24) is 10.2 Å². The normalized spacial score (nSPS) is 13.8. The van der Waals surface area contributed by atoms with Gasteiger partial charge in [-0.25, -0.2) is 8.42 Å². The number of nitrogens with zero attached hydrogens (tertiary/aromatic N) is 1. The highest BCUT2D eigenvalue weighted by Crippen LogP contribution is 2.17. The molecule has 2 N–H and O–H groups in total. The summed E-state index contributed by atoms with van der Waals surface area (Å²) >= 11 is 0. The number of H-pyrrole nitrogens is 1. The van der Waals surface area contributed by atoms with Gasteiger partial charge in [0.1, 0.15) is 0 Å². The Hall–Kier alpha value is -1.04. The van der Waals surface area contributed by atoms with E-state index in [0.717, 1.165) is 17.1 Å². The van der Waals surface area contributed by atoms with Crippen molar-refractivity contribution < 1.29 is 8.42 Å². The summed E-state index contributed by atoms with van der Waals surface area (Å²) < 4.78 is 22.9. The summed E-state index contributed by atoms with van der Waals surface area (Å²) in [6.07, 6.45) is 0. The second kappa shape index (κ2) is 4.86. The molecule has 0 aliphatic heterocycles. The van der Waals surface area contributed by atoms with Crippen molar-refractivity contribution in [2.45, 2.75) is 33.7 Å². The van der Waals surface area contributed by atoms with Gasteiger partial charge in [-0.05, 0) is 20.8 Å². The van der Waals surface area contributed by atoms with Crippen LogP contribution in [0.4, 0.5) is 5.69 Å². The third kappa shape index (κ3) is 3.23. The quantitative estimate of drug-likeness (QED) is 0.819. The van der Waals surface area contributed by atoms with Crippen LogP contribution in [-0.2, 0) is 9.84 Å². The highest BCUT2D eigenvalue weighted by molar-refractivity contribution is 7.91. The minimum absolute atomic E-state index is 0.111. The molecule has 16 heavy (non-hydrogen) atoms. The average Bonchev–Trinajstić information content (AvgIpc) is 2.49. The van der Waals surface area contributed by atoms with Gasteiger partial charge in [-0.15, -0.1) is 0 Å². The summed E-state index contributed by atoms with van der Waals surface area (Å²) in [7, 11) is -2.94. The molecule has 0 aliphatic rings. The fraction of sp³-hybridized carbons (Fsp3) is 0.700. The highest BCUT2D eigenvalue weighted by Gasteiger charge is 2.15. The molecule has 0 saturated heterocycles. The Morgan fingerprint density at radius 3 is 2.50 bits per heavy atom. The summed E-state index contributed by atoms with van der Waals surface area (Å²) in [4.78, 5) is 0. The number of sulfone groups is 1. The van der Waals surface area contributed by atoms with E-state index in [1.54, 1.807) is 6.92 Å². The van der Waals surface area contributed by atoms with Crippen LogP contribution in [-0.4, -0.2) is 36.2 Å². The number of aromatic nitrogens is 2. The molecule has 0 spiro atoms. The molecule has 1 heterocycles. The van der Waals surface area contributed by atoms with Crippen LogP contribution in [0.25, 0.3) is 0 Å². The van der Waals surface area contributed by atoms with Gasteiger partial charge in [0.25, 0.3) is 0 Å². The van der Waals surface area contributed by atoms with Gasteiger partial charge < -0.3 is 5.32 Å². The van der Waals surface area contributed by atoms with Gasteiger partial charge in [0.05, 0.1) is 22.8 Å². The van der Waals surface area contributed by atoms with Crippen LogP contribution in [0.15, 0.2) is 0 Å². The fourth-order valence-corrected chi connectivity index (χ4v) is 2.63. The first-order valence-electron chi connectivity index (χ1n) is 5.34. The van der Waals surface area contributed by atoms with Crippen molar-refractivity contribution in [3.63, 3.8) is 0 Å². The molecule has 0 bridgehead atoms. The molecule has 0 saturated carbocycles. The average molecular weight is 245 g/mol. The smallest absolute Gasteiger partial charge is 0.152 e. The Labute approximate surface area is 96.6 Å². The van der Waals surface area contributed by atoms with Gasteiger partial charge in [0.2, 0.25) is 0 Å². The zero-order valence-electron chi connectivity index (χ0n) is 10.2. The Morgan fingerprint density at radius 1 is 1.44 bits per heavy atom. The zero-order valence-corrected chi connectivity index (χ0v) is 11.0. The van der Waals surface area contributed by atoms with Crippen molar-refractivity contribution in [1.29, 1.82) is 0 Å². The Balaban J connectivity index is 2.69. The SMILES string of the molecule is CCS(=O)(=O)CC(C)Nc1c(C)n[nH]c1C. The summed E-state index contributed by atoms with van der Waals surface area (Å²) in [5.41, 5.74) is 2.69. The number of aromatic amines is 1. The van der Waals surface area contributed by atoms with Gasteiger partial charge in [-0.3, -0.25) is 5.10 Å². The zero-order chi connectivity index (χ0) is 12.3. The van der Waals surface area contributed by atoms with Gasteiger partial charge in [-0.1, -0.05) is 6.92 Å². The molecule has 5 nitrogen and oxygen atoms in total. The molecule has 6 heteroatoms. The van der Waals surface area contributed by atoms with Crippen molar-refractivity contribution in [2.24, 2.45) is 0 Å². The van der Waals surface area contributed by atoms with E-state index in [9.17, 15) is 8.42 Å². The third-order valence-electron chi connectivity index (χ3n) is 2.46. The minimum atomic E-state index is -2.94. The second-order valence-corrected chi connectivity index (χ2v) is 6.45. The molecule has 0 aliphatic carbocycles. The molecule has 0 radical (unpaired) electrons. The third-order valence-corrected chi connectivity index (χ3v) is 4.35. The number of hydrogen-bond acceptors (Lipinski definition) is 4. The van der Waals surface area contributed by atoms with Gasteiger partial charge in [0.15, 0.2) is 9.84 Å². The standard InChI is InChI=1S/C10H19N3O2S/c1-5-16(14,15)6-7(2)11-10-8(3)12-13-9(10)4/h7,11H,5-6H2,1-4H3,(H,12,13). The summed E-state index contributed by atoms with van der Waals surface area (Å²) in [6.45, 7) is 7.31. The number of aryl methyl sites for hydroxylation is 2. The van der Waals surface area contributed by atoms with Gasteiger partial charge >= 0.3 is 0 Å². The lowest BCUT2D eigenvalue weighted by molar-refractivity contribution is 0.593. The van der Waals surface area contributed by atoms with Gasteiger partial charge in [-0.2, -0.15) is 5.10 Å². The number of hydrogen-bond donors (Lipinski definition) is 2. The molecule has 1 atom stereocenters. The first-order valence-corrected chi connectivity index (χ1v) is 7.16. The summed E-state index contributed by atoms with van der Waals surface area (Å²) in [6, 6.07) is -0.111. The van der Waals surface area contributed by atoms with E-state index in [0.29, 0.717) is 0 Å². The van der Waals surface area contributed by atoms with Crippen LogP contribution in [0, 0.1) is 13.8 Å². The van der Waals surface area contributed by atoms with Crippen molar-refractivity contribution in [3.05, 3.63) is 11.4 Å². The second-order valence-electron chi connectivity index (χ2n) is 4.05. The van der Waals surface area contributed by atoms with Crippen LogP contribution in [0.1, 0.15) is 25.2 Å². The molecule has 1 rings (SSSR count). The molecule has 1 aromatic heterocycles. The van der Waals surface area contributed by atoms with Crippen LogP contribution < -0.4 is 5.32 Å². The van der Waals surface area contributed by atoms with Gasteiger partial charge in [0, 0.05) is 11.8 Å². The number of nitrogens with one attached hydrogen (secondary N) is 2. The maximum Gasteiger partial charge on any atom is 0.152 e. The van der Waals surface area contributed by atoms with E-state index in [1.165, 1.54) is 0 Å². The van der Waals surface area contributed by atoms with E-state index in [4.69, 9.17) is 0 Å². The molecule has 92 valence electrons. The molecular formula is C10H19N3O2S. The maximum atomic E-state index is 11.4. The summed E-state index contributed by atoms with van der Waals surface area (Å²) in [5, 5.41) is 10.1. The van der Waals surface area contributed by atoms with E-state index < -0.39 is 9.84 Å². The predicted octanol–water partition coefficient (Wildman–Crippen LogP) is 1.26. The van der Waals surface area contributed by atoms with Crippen LogP contribution in [0.3, 0.4) is 0 Å². The molecule has 0 fully saturated rings. The number of anilines is 1. The van der Waals surface area contributed by atoms with Crippen LogP contribution >= 0.6 is 0 Å². The Kier molecular flexibility index (Phi) is 3.96. The first-order chi connectivity index (χ1) is 7.35. The van der Waals surface area contributed by atoms with Crippen LogP contribution in [0.2, 0.25) is 0 Å². The van der Waals surface area contributed by atoms with E-state index >= 15 is 0 Å². The minimum Gasteiger partial charge on any atom is -0.379 e. The fourth-order valence-electron chi connectivity index (χ4n) is 1.55. The largest absolute Gasteiger partial charge is 0.379 e. The van der Waals surface area contributed by atoms with Crippen LogP contribution in [0.5, 0.6) is 0 Å². The van der Waals surface area contributed by atoms with E-state index in [-0.39, 0.29) is 17.5 Å². The number of rotatable bonds is 5. The van der Waals surface area contributed by atoms with Crippen molar-refractivity contribution >= 4 is 15.5 Å². The molecule has 1 unspecified atom stereocenters. The highest BCUT2D eigenvalue weighted by atomic mass is 32.2.